The average Bonchev–Trinajstić information content (AvgIpc) is 2.39. The van der Waals surface area contributed by atoms with E-state index in [-0.39, 0.29) is 5.82 Å². The van der Waals surface area contributed by atoms with Crippen molar-refractivity contribution in [1.29, 1.82) is 0 Å². The summed E-state index contributed by atoms with van der Waals surface area (Å²) >= 11 is 0. The van der Waals surface area contributed by atoms with Gasteiger partial charge in [0.2, 0.25) is 5.91 Å². The van der Waals surface area contributed by atoms with Gasteiger partial charge in [-0.1, -0.05) is 12.1 Å². The average molecular weight is 258 g/mol. The van der Waals surface area contributed by atoms with Crippen LogP contribution in [-0.2, 0) is 6.54 Å². The van der Waals surface area contributed by atoms with Gasteiger partial charge < -0.3 is 11.1 Å². The largest absolute Gasteiger partial charge is 0.381 e. The molecule has 2 rings (SSSR count). The molecule has 4 heteroatoms. The molecular formula is C15H15FN2O. The molecule has 0 heterocycles. The van der Waals surface area contributed by atoms with E-state index in [1.807, 2.05) is 13.0 Å². The number of halogens is 1. The summed E-state index contributed by atoms with van der Waals surface area (Å²) in [6.07, 6.45) is 0. The monoisotopic (exact) mass is 258 g/mol. The molecule has 3 N–H and O–H groups in total. The second kappa shape index (κ2) is 5.52. The van der Waals surface area contributed by atoms with Gasteiger partial charge in [-0.15, -0.1) is 0 Å². The lowest BCUT2D eigenvalue weighted by atomic mass is 10.1. The van der Waals surface area contributed by atoms with E-state index < -0.39 is 5.91 Å². The van der Waals surface area contributed by atoms with Crippen LogP contribution in [0.15, 0.2) is 42.5 Å². The van der Waals surface area contributed by atoms with E-state index in [1.165, 1.54) is 12.1 Å². The second-order valence-corrected chi connectivity index (χ2v) is 4.37. The number of anilines is 1. The summed E-state index contributed by atoms with van der Waals surface area (Å²) < 4.78 is 12.8. The zero-order valence-corrected chi connectivity index (χ0v) is 10.6. The van der Waals surface area contributed by atoms with Crippen LogP contribution in [0.3, 0.4) is 0 Å². The third kappa shape index (κ3) is 3.31. The Morgan fingerprint density at radius 1 is 1.21 bits per heavy atom. The van der Waals surface area contributed by atoms with Gasteiger partial charge >= 0.3 is 0 Å². The van der Waals surface area contributed by atoms with Gasteiger partial charge in [-0.2, -0.15) is 0 Å². The maximum atomic E-state index is 12.8. The molecule has 0 bridgehead atoms. The van der Waals surface area contributed by atoms with Gasteiger partial charge in [0.1, 0.15) is 5.82 Å². The van der Waals surface area contributed by atoms with Gasteiger partial charge in [-0.3, -0.25) is 4.79 Å². The number of amides is 1. The Bertz CT molecular complexity index is 594. The molecule has 0 aliphatic rings. The highest BCUT2D eigenvalue weighted by molar-refractivity contribution is 5.93. The number of nitrogens with one attached hydrogen (secondary N) is 1. The molecule has 1 amide bonds. The highest BCUT2D eigenvalue weighted by Gasteiger charge is 2.04. The summed E-state index contributed by atoms with van der Waals surface area (Å²) in [5.74, 6) is -0.682. The minimum atomic E-state index is -0.437. The van der Waals surface area contributed by atoms with Crippen LogP contribution in [0.25, 0.3) is 0 Å². The fourth-order valence-electron chi connectivity index (χ4n) is 1.81. The maximum absolute atomic E-state index is 12.8. The topological polar surface area (TPSA) is 55.1 Å². The Morgan fingerprint density at radius 2 is 1.89 bits per heavy atom. The summed E-state index contributed by atoms with van der Waals surface area (Å²) in [7, 11) is 0. The lowest BCUT2D eigenvalue weighted by Crippen LogP contribution is -2.11. The Morgan fingerprint density at radius 3 is 2.47 bits per heavy atom. The summed E-state index contributed by atoms with van der Waals surface area (Å²) in [4.78, 5) is 11.0. The highest BCUT2D eigenvalue weighted by Crippen LogP contribution is 2.17. The van der Waals surface area contributed by atoms with Crippen molar-refractivity contribution in [2.75, 3.05) is 5.32 Å². The van der Waals surface area contributed by atoms with Crippen LogP contribution in [0.1, 0.15) is 21.5 Å². The number of nitrogens with two attached hydrogens (primary N) is 1. The Labute approximate surface area is 111 Å². The molecule has 0 aliphatic carbocycles. The summed E-state index contributed by atoms with van der Waals surface area (Å²) in [5, 5.41) is 3.24. The second-order valence-electron chi connectivity index (χ2n) is 4.37. The maximum Gasteiger partial charge on any atom is 0.248 e. The van der Waals surface area contributed by atoms with Crippen LogP contribution in [0, 0.1) is 12.7 Å². The quantitative estimate of drug-likeness (QED) is 0.886. The van der Waals surface area contributed by atoms with E-state index >= 15 is 0 Å². The molecule has 3 nitrogen and oxygen atoms in total. The molecule has 0 spiro atoms. The molecule has 0 saturated heterocycles. The van der Waals surface area contributed by atoms with E-state index in [4.69, 9.17) is 5.73 Å². The first-order valence-electron chi connectivity index (χ1n) is 5.95. The Kier molecular flexibility index (Phi) is 3.80. The van der Waals surface area contributed by atoms with Crippen molar-refractivity contribution in [2.24, 2.45) is 5.73 Å². The SMILES string of the molecule is Cc1cc(C(N)=O)ccc1NCc1ccc(F)cc1. The van der Waals surface area contributed by atoms with Crippen LogP contribution < -0.4 is 11.1 Å². The van der Waals surface area contributed by atoms with Crippen molar-refractivity contribution in [3.05, 3.63) is 65.0 Å². The summed E-state index contributed by atoms with van der Waals surface area (Å²) in [6, 6.07) is 11.6. The third-order valence-electron chi connectivity index (χ3n) is 2.91. The fourth-order valence-corrected chi connectivity index (χ4v) is 1.81. The number of aryl methyl sites for hydroxylation is 1. The van der Waals surface area contributed by atoms with Crippen molar-refractivity contribution in [1.82, 2.24) is 0 Å². The third-order valence-corrected chi connectivity index (χ3v) is 2.91. The van der Waals surface area contributed by atoms with Gasteiger partial charge in [0.05, 0.1) is 0 Å². The Hall–Kier alpha value is -2.36. The van der Waals surface area contributed by atoms with Crippen molar-refractivity contribution in [3.63, 3.8) is 0 Å². The minimum Gasteiger partial charge on any atom is -0.381 e. The van der Waals surface area contributed by atoms with E-state index in [0.717, 1.165) is 16.8 Å². The van der Waals surface area contributed by atoms with E-state index in [0.29, 0.717) is 12.1 Å². The molecule has 0 atom stereocenters. The van der Waals surface area contributed by atoms with E-state index in [2.05, 4.69) is 5.32 Å². The minimum absolute atomic E-state index is 0.245. The zero-order valence-electron chi connectivity index (χ0n) is 10.6. The van der Waals surface area contributed by atoms with Gasteiger partial charge in [-0.25, -0.2) is 4.39 Å². The predicted octanol–water partition coefficient (Wildman–Crippen LogP) is 2.85. The lowest BCUT2D eigenvalue weighted by molar-refractivity contribution is 0.1000. The summed E-state index contributed by atoms with van der Waals surface area (Å²) in [6.45, 7) is 2.50. The number of hydrogen-bond acceptors (Lipinski definition) is 2. The van der Waals surface area contributed by atoms with Gasteiger partial charge in [0.25, 0.3) is 0 Å². The normalized spacial score (nSPS) is 10.2. The van der Waals surface area contributed by atoms with Crippen molar-refractivity contribution >= 4 is 11.6 Å². The number of primary amides is 1. The van der Waals surface area contributed by atoms with Crippen LogP contribution in [-0.4, -0.2) is 5.91 Å². The van der Waals surface area contributed by atoms with E-state index in [1.54, 1.807) is 24.3 Å². The number of rotatable bonds is 4. The predicted molar refractivity (Wildman–Crippen MR) is 73.4 cm³/mol. The molecule has 0 saturated carbocycles. The molecule has 19 heavy (non-hydrogen) atoms. The van der Waals surface area contributed by atoms with E-state index in [9.17, 15) is 9.18 Å². The number of carbonyl (C=O) groups is 1. The molecule has 98 valence electrons. The Balaban J connectivity index is 2.07. The first-order chi connectivity index (χ1) is 9.06. The van der Waals surface area contributed by atoms with Gasteiger partial charge in [-0.05, 0) is 48.4 Å². The highest BCUT2D eigenvalue weighted by atomic mass is 19.1. The number of benzene rings is 2. The first kappa shape index (κ1) is 13.1. The number of carbonyl (C=O) groups excluding carboxylic acids is 1. The van der Waals surface area contributed by atoms with Gasteiger partial charge in [0, 0.05) is 17.8 Å². The molecular weight excluding hydrogens is 243 g/mol. The van der Waals surface area contributed by atoms with Crippen LogP contribution >= 0.6 is 0 Å². The van der Waals surface area contributed by atoms with Crippen LogP contribution in [0.5, 0.6) is 0 Å². The number of hydrogen-bond donors (Lipinski definition) is 2. The fraction of sp³-hybridized carbons (Fsp3) is 0.133. The summed E-state index contributed by atoms with van der Waals surface area (Å²) in [5.41, 5.74) is 8.56. The standard InChI is InChI=1S/C15H15FN2O/c1-10-8-12(15(17)19)4-7-14(10)18-9-11-2-5-13(16)6-3-11/h2-8,18H,9H2,1H3,(H2,17,19). The molecule has 0 radical (unpaired) electrons. The lowest BCUT2D eigenvalue weighted by Gasteiger charge is -2.10. The van der Waals surface area contributed by atoms with Crippen LogP contribution in [0.2, 0.25) is 0 Å². The molecule has 2 aromatic rings. The van der Waals surface area contributed by atoms with Crippen molar-refractivity contribution in [2.45, 2.75) is 13.5 Å². The van der Waals surface area contributed by atoms with Crippen molar-refractivity contribution < 1.29 is 9.18 Å². The van der Waals surface area contributed by atoms with Gasteiger partial charge in [0.15, 0.2) is 0 Å². The zero-order chi connectivity index (χ0) is 13.8. The molecule has 0 aliphatic heterocycles. The molecule has 0 unspecified atom stereocenters. The van der Waals surface area contributed by atoms with Crippen molar-refractivity contribution in [3.8, 4) is 0 Å². The smallest absolute Gasteiger partial charge is 0.248 e. The van der Waals surface area contributed by atoms with Crippen LogP contribution in [0.4, 0.5) is 10.1 Å². The first-order valence-corrected chi connectivity index (χ1v) is 5.95. The molecule has 0 fully saturated rings. The molecule has 2 aromatic carbocycles. The molecule has 0 aromatic heterocycles.